The van der Waals surface area contributed by atoms with Gasteiger partial charge in [0.25, 0.3) is 0 Å². The van der Waals surface area contributed by atoms with Gasteiger partial charge >= 0.3 is 17.7 Å². The lowest BCUT2D eigenvalue weighted by atomic mass is 10.1. The van der Waals surface area contributed by atoms with Crippen molar-refractivity contribution >= 4 is 17.6 Å². The Morgan fingerprint density at radius 3 is 2.19 bits per heavy atom. The van der Waals surface area contributed by atoms with Crippen LogP contribution in [0, 0.1) is 0 Å². The summed E-state index contributed by atoms with van der Waals surface area (Å²) in [4.78, 5) is 22.7. The highest BCUT2D eigenvalue weighted by molar-refractivity contribution is 5.87. The predicted octanol–water partition coefficient (Wildman–Crippen LogP) is 2.86. The molecule has 0 aliphatic heterocycles. The SMILES string of the molecule is CC(C)(C)OC(=O)C[C@@](F)(C(=O)O)N(F)c1ccccc1. The summed E-state index contributed by atoms with van der Waals surface area (Å²) in [5, 5.41) is 8.36. The number of halogens is 2. The first kappa shape index (κ1) is 16.9. The highest BCUT2D eigenvalue weighted by Gasteiger charge is 2.49. The van der Waals surface area contributed by atoms with E-state index in [0.717, 1.165) is 0 Å². The summed E-state index contributed by atoms with van der Waals surface area (Å²) in [6.07, 6.45) is -1.27. The number of esters is 1. The topological polar surface area (TPSA) is 66.8 Å². The summed E-state index contributed by atoms with van der Waals surface area (Å²) < 4.78 is 33.4. The average molecular weight is 301 g/mol. The van der Waals surface area contributed by atoms with Crippen LogP contribution in [0.1, 0.15) is 27.2 Å². The molecule has 1 rings (SSSR count). The molecule has 0 aliphatic rings. The average Bonchev–Trinajstić information content (AvgIpc) is 2.36. The van der Waals surface area contributed by atoms with Crippen LogP contribution in [0.5, 0.6) is 0 Å². The van der Waals surface area contributed by atoms with Crippen molar-refractivity contribution in [2.45, 2.75) is 38.6 Å². The van der Waals surface area contributed by atoms with Crippen molar-refractivity contribution in [3.63, 3.8) is 0 Å². The number of alkyl halides is 1. The number of rotatable bonds is 5. The number of para-hydroxylation sites is 1. The van der Waals surface area contributed by atoms with Gasteiger partial charge in [-0.2, -0.15) is 5.12 Å². The zero-order valence-corrected chi connectivity index (χ0v) is 12.0. The molecule has 116 valence electrons. The van der Waals surface area contributed by atoms with Gasteiger partial charge in [0.1, 0.15) is 12.0 Å². The summed E-state index contributed by atoms with van der Waals surface area (Å²) in [6, 6.07) is 6.76. The van der Waals surface area contributed by atoms with E-state index in [1.54, 1.807) is 6.07 Å². The standard InChI is InChI=1S/C14H17F2NO4/c1-13(2,3)21-11(18)9-14(15,12(19)20)17(16)10-7-5-4-6-8-10/h4-8H,9H2,1-3H3,(H,19,20)/t14-/m0/s1. The van der Waals surface area contributed by atoms with Crippen LogP contribution in [0.4, 0.5) is 14.6 Å². The molecule has 0 heterocycles. The molecule has 0 spiro atoms. The van der Waals surface area contributed by atoms with Crippen molar-refractivity contribution in [2.24, 2.45) is 0 Å². The molecular weight excluding hydrogens is 284 g/mol. The number of ether oxygens (including phenoxy) is 1. The molecule has 0 aromatic heterocycles. The lowest BCUT2D eigenvalue weighted by Gasteiger charge is -2.28. The van der Waals surface area contributed by atoms with Gasteiger partial charge in [-0.05, 0) is 32.9 Å². The van der Waals surface area contributed by atoms with Crippen molar-refractivity contribution in [3.05, 3.63) is 30.3 Å². The van der Waals surface area contributed by atoms with E-state index < -0.39 is 34.9 Å². The van der Waals surface area contributed by atoms with E-state index in [-0.39, 0.29) is 5.69 Å². The van der Waals surface area contributed by atoms with Crippen molar-refractivity contribution in [1.29, 1.82) is 0 Å². The van der Waals surface area contributed by atoms with E-state index in [1.165, 1.54) is 45.0 Å². The van der Waals surface area contributed by atoms with E-state index >= 15 is 0 Å². The molecule has 21 heavy (non-hydrogen) atoms. The number of hydrogen-bond donors (Lipinski definition) is 1. The highest BCUT2D eigenvalue weighted by atomic mass is 19.2. The molecule has 1 aromatic rings. The summed E-state index contributed by atoms with van der Waals surface area (Å²) in [6.45, 7) is 4.61. The maximum absolute atomic E-state index is 14.5. The van der Waals surface area contributed by atoms with Gasteiger partial charge < -0.3 is 9.84 Å². The fourth-order valence-electron chi connectivity index (χ4n) is 1.56. The molecule has 5 nitrogen and oxygen atoms in total. The molecule has 1 atom stereocenters. The number of carboxylic acid groups (broad SMARTS) is 1. The molecule has 0 amide bonds. The molecule has 0 saturated carbocycles. The second-order valence-electron chi connectivity index (χ2n) is 5.44. The Kier molecular flexibility index (Phi) is 4.88. The molecule has 1 aromatic carbocycles. The fraction of sp³-hybridized carbons (Fsp3) is 0.429. The Morgan fingerprint density at radius 2 is 1.76 bits per heavy atom. The second kappa shape index (κ2) is 6.07. The maximum atomic E-state index is 14.5. The van der Waals surface area contributed by atoms with Crippen LogP contribution in [0.2, 0.25) is 0 Å². The van der Waals surface area contributed by atoms with Crippen LogP contribution in [-0.2, 0) is 14.3 Å². The van der Waals surface area contributed by atoms with Gasteiger partial charge in [0.05, 0.1) is 5.69 Å². The Labute approximate surface area is 121 Å². The van der Waals surface area contributed by atoms with Gasteiger partial charge in [-0.1, -0.05) is 22.7 Å². The van der Waals surface area contributed by atoms with Gasteiger partial charge in [-0.15, -0.1) is 0 Å². The highest BCUT2D eigenvalue weighted by Crippen LogP contribution is 2.30. The maximum Gasteiger partial charge on any atom is 0.365 e. The minimum atomic E-state index is -3.54. The van der Waals surface area contributed by atoms with E-state index in [2.05, 4.69) is 0 Å². The van der Waals surface area contributed by atoms with Crippen LogP contribution < -0.4 is 5.12 Å². The van der Waals surface area contributed by atoms with Crippen LogP contribution in [0.25, 0.3) is 0 Å². The van der Waals surface area contributed by atoms with Crippen molar-refractivity contribution < 1.29 is 28.3 Å². The van der Waals surface area contributed by atoms with E-state index in [9.17, 15) is 18.5 Å². The largest absolute Gasteiger partial charge is 0.477 e. The molecule has 0 fully saturated rings. The molecule has 0 radical (unpaired) electrons. The third kappa shape index (κ3) is 4.40. The quantitative estimate of drug-likeness (QED) is 0.514. The van der Waals surface area contributed by atoms with Crippen LogP contribution >= 0.6 is 0 Å². The molecule has 1 N–H and O–H groups in total. The van der Waals surface area contributed by atoms with Gasteiger partial charge in [-0.25, -0.2) is 9.18 Å². The minimum absolute atomic E-state index is 0.314. The predicted molar refractivity (Wildman–Crippen MR) is 72.0 cm³/mol. The first-order valence-electron chi connectivity index (χ1n) is 6.21. The third-order valence-corrected chi connectivity index (χ3v) is 2.42. The molecule has 0 unspecified atom stereocenters. The first-order chi connectivity index (χ1) is 9.56. The lowest BCUT2D eigenvalue weighted by molar-refractivity contribution is -0.168. The van der Waals surface area contributed by atoms with Crippen LogP contribution in [-0.4, -0.2) is 28.4 Å². The third-order valence-electron chi connectivity index (χ3n) is 2.42. The molecule has 0 bridgehead atoms. The normalized spacial score (nSPS) is 14.1. The van der Waals surface area contributed by atoms with Crippen LogP contribution in [0.15, 0.2) is 30.3 Å². The second-order valence-corrected chi connectivity index (χ2v) is 5.44. The smallest absolute Gasteiger partial charge is 0.365 e. The number of carboxylic acids is 1. The summed E-state index contributed by atoms with van der Waals surface area (Å²) in [7, 11) is 0. The molecule has 0 saturated heterocycles. The Bertz CT molecular complexity index is 515. The number of benzene rings is 1. The van der Waals surface area contributed by atoms with Gasteiger partial charge in [0.15, 0.2) is 0 Å². The Hall–Kier alpha value is -2.18. The Morgan fingerprint density at radius 1 is 1.24 bits per heavy atom. The fourth-order valence-corrected chi connectivity index (χ4v) is 1.56. The Balaban J connectivity index is 2.99. The molecule has 0 aliphatic carbocycles. The van der Waals surface area contributed by atoms with E-state index in [4.69, 9.17) is 9.84 Å². The van der Waals surface area contributed by atoms with E-state index in [1.807, 2.05) is 0 Å². The van der Waals surface area contributed by atoms with Crippen molar-refractivity contribution in [2.75, 3.05) is 5.12 Å². The van der Waals surface area contributed by atoms with Crippen LogP contribution in [0.3, 0.4) is 0 Å². The number of carbonyl (C=O) groups excluding carboxylic acids is 1. The number of anilines is 1. The molecule has 7 heteroatoms. The van der Waals surface area contributed by atoms with Crippen molar-refractivity contribution in [1.82, 2.24) is 0 Å². The van der Waals surface area contributed by atoms with Gasteiger partial charge in [0, 0.05) is 0 Å². The number of hydrogen-bond acceptors (Lipinski definition) is 4. The summed E-state index contributed by atoms with van der Waals surface area (Å²) in [5.74, 6) is -6.80. The number of carbonyl (C=O) groups is 2. The monoisotopic (exact) mass is 301 g/mol. The van der Waals surface area contributed by atoms with E-state index in [0.29, 0.717) is 0 Å². The van der Waals surface area contributed by atoms with Crippen molar-refractivity contribution in [3.8, 4) is 0 Å². The zero-order chi connectivity index (χ0) is 16.3. The lowest BCUT2D eigenvalue weighted by Crippen LogP contribution is -2.49. The number of aliphatic carboxylic acids is 1. The minimum Gasteiger partial charge on any atom is -0.477 e. The first-order valence-corrected chi connectivity index (χ1v) is 6.21. The number of nitrogens with zero attached hydrogens (tertiary/aromatic N) is 1. The summed E-state index contributed by atoms with van der Waals surface area (Å²) in [5.41, 5.74) is -1.24. The van der Waals surface area contributed by atoms with Gasteiger partial charge in [-0.3, -0.25) is 4.79 Å². The summed E-state index contributed by atoms with van der Waals surface area (Å²) >= 11 is 0. The molecular formula is C14H17F2NO4. The van der Waals surface area contributed by atoms with Gasteiger partial charge in [0.2, 0.25) is 0 Å². The zero-order valence-electron chi connectivity index (χ0n) is 12.0.